The molecule has 1 aromatic heterocycles. The van der Waals surface area contributed by atoms with Gasteiger partial charge in [0, 0.05) is 80.1 Å². The minimum Gasteiger partial charge on any atom is -0.368 e. The van der Waals surface area contributed by atoms with E-state index in [1.165, 1.54) is 0 Å². The Balaban J connectivity index is 0.00000372. The van der Waals surface area contributed by atoms with E-state index in [-0.39, 0.29) is 48.0 Å². The molecule has 4 fully saturated rings. The smallest absolute Gasteiger partial charge is 0.255 e. The van der Waals surface area contributed by atoms with Crippen LogP contribution in [0, 0.1) is 11.8 Å². The fraction of sp³-hybridized carbons (Fsp3) is 0.486. The number of para-hydroxylation sites is 1. The van der Waals surface area contributed by atoms with E-state index in [9.17, 15) is 14.4 Å². The lowest BCUT2D eigenvalue weighted by Crippen LogP contribution is -2.52. The molecule has 2 aromatic carbocycles. The highest BCUT2D eigenvalue weighted by atomic mass is 35.5. The Morgan fingerprint density at radius 3 is 2.09 bits per heavy atom. The number of anilines is 3. The summed E-state index contributed by atoms with van der Waals surface area (Å²) in [5.74, 6) is 0.525. The number of piperazine rings is 1. The maximum atomic E-state index is 13.5. The predicted octanol–water partition coefficient (Wildman–Crippen LogP) is 4.18. The van der Waals surface area contributed by atoms with Gasteiger partial charge in [-0.3, -0.25) is 19.4 Å². The topological polar surface area (TPSA) is 110 Å². The summed E-state index contributed by atoms with van der Waals surface area (Å²) in [6, 6.07) is 16.4. The second-order valence-corrected chi connectivity index (χ2v) is 12.9. The van der Waals surface area contributed by atoms with E-state index in [1.807, 2.05) is 46.2 Å². The molecule has 46 heavy (non-hydrogen) atoms. The van der Waals surface area contributed by atoms with Crippen LogP contribution in [0.1, 0.15) is 48.9 Å². The van der Waals surface area contributed by atoms with E-state index in [0.29, 0.717) is 31.7 Å². The lowest BCUT2D eigenvalue weighted by Gasteiger charge is -2.40. The van der Waals surface area contributed by atoms with Gasteiger partial charge in [-0.25, -0.2) is 0 Å². The van der Waals surface area contributed by atoms with Gasteiger partial charge in [-0.05, 0) is 81.9 Å². The highest BCUT2D eigenvalue weighted by molar-refractivity contribution is 6.08. The third-order valence-corrected chi connectivity index (χ3v) is 9.85. The lowest BCUT2D eigenvalue weighted by molar-refractivity contribution is -0.143. The minimum absolute atomic E-state index is 0. The van der Waals surface area contributed by atoms with Gasteiger partial charge in [0.25, 0.3) is 5.91 Å². The monoisotopic (exact) mass is 645 g/mol. The third kappa shape index (κ3) is 7.08. The van der Waals surface area contributed by atoms with Gasteiger partial charge in [-0.1, -0.05) is 18.2 Å². The first kappa shape index (κ1) is 32.1. The number of benzene rings is 2. The molecule has 4 heterocycles. The van der Waals surface area contributed by atoms with Crippen molar-refractivity contribution in [3.8, 4) is 0 Å². The van der Waals surface area contributed by atoms with Crippen molar-refractivity contribution < 1.29 is 14.4 Å². The average molecular weight is 646 g/mol. The van der Waals surface area contributed by atoms with Crippen LogP contribution in [0.3, 0.4) is 0 Å². The van der Waals surface area contributed by atoms with Gasteiger partial charge >= 0.3 is 0 Å². The van der Waals surface area contributed by atoms with Crippen molar-refractivity contribution >= 4 is 58.1 Å². The first-order valence-corrected chi connectivity index (χ1v) is 16.6. The van der Waals surface area contributed by atoms with Gasteiger partial charge in [0.05, 0.1) is 16.8 Å². The van der Waals surface area contributed by atoms with E-state index in [2.05, 4.69) is 38.0 Å². The Bertz CT molecular complexity index is 1540. The summed E-state index contributed by atoms with van der Waals surface area (Å²) in [6.45, 7) is 6.01. The van der Waals surface area contributed by atoms with Crippen LogP contribution in [0.2, 0.25) is 0 Å². The van der Waals surface area contributed by atoms with Crippen LogP contribution >= 0.6 is 12.4 Å². The highest BCUT2D eigenvalue weighted by Gasteiger charge is 2.34. The normalized spacial score (nSPS) is 19.4. The summed E-state index contributed by atoms with van der Waals surface area (Å²) < 4.78 is 0. The van der Waals surface area contributed by atoms with Crippen LogP contribution < -0.4 is 20.9 Å². The number of rotatable bonds is 7. The summed E-state index contributed by atoms with van der Waals surface area (Å²) in [4.78, 5) is 50.6. The summed E-state index contributed by atoms with van der Waals surface area (Å²) in [5.41, 5.74) is 4.07. The molecule has 1 saturated carbocycles. The maximum absolute atomic E-state index is 13.5. The lowest BCUT2D eigenvalue weighted by atomic mass is 9.91. The molecule has 0 radical (unpaired) electrons. The van der Waals surface area contributed by atoms with E-state index in [4.69, 9.17) is 0 Å². The zero-order valence-electron chi connectivity index (χ0n) is 26.2. The molecule has 0 spiro atoms. The van der Waals surface area contributed by atoms with E-state index < -0.39 is 0 Å². The Morgan fingerprint density at radius 1 is 0.761 bits per heavy atom. The van der Waals surface area contributed by atoms with Gasteiger partial charge in [0.15, 0.2) is 0 Å². The molecule has 244 valence electrons. The fourth-order valence-electron chi connectivity index (χ4n) is 6.96. The summed E-state index contributed by atoms with van der Waals surface area (Å²) in [5, 5.41) is 10.8. The molecule has 0 unspecified atom stereocenters. The number of aromatic nitrogens is 1. The van der Waals surface area contributed by atoms with Crippen molar-refractivity contribution in [1.29, 1.82) is 0 Å². The Morgan fingerprint density at radius 2 is 1.41 bits per heavy atom. The number of nitrogens with zero attached hydrogens (tertiary/aromatic N) is 4. The molecule has 10 nitrogen and oxygen atoms in total. The SMILES string of the molecule is Cl.O=C(NC1CC1)c1cnc2ccc(N3CCN(C(=O)C4CCN(C(=O)C5CCNCC5)CC4)CC3)cc2c1Nc1ccccc1. The number of nitrogens with one attached hydrogen (secondary N) is 3. The zero-order valence-corrected chi connectivity index (χ0v) is 27.1. The molecular formula is C35H44ClN7O3. The fourth-order valence-corrected chi connectivity index (χ4v) is 6.96. The molecule has 3 aromatic rings. The molecule has 0 bridgehead atoms. The maximum Gasteiger partial charge on any atom is 0.255 e. The van der Waals surface area contributed by atoms with Gasteiger partial charge in [-0.15, -0.1) is 12.4 Å². The summed E-state index contributed by atoms with van der Waals surface area (Å²) in [7, 11) is 0. The first-order chi connectivity index (χ1) is 22.0. The molecule has 3 amide bonds. The van der Waals surface area contributed by atoms with Crippen molar-refractivity contribution in [1.82, 2.24) is 25.4 Å². The number of carbonyl (C=O) groups excluding carboxylic acids is 3. The number of pyridine rings is 1. The van der Waals surface area contributed by atoms with Crippen molar-refractivity contribution in [2.75, 3.05) is 62.6 Å². The number of hydrogen-bond acceptors (Lipinski definition) is 7. The number of carbonyl (C=O) groups is 3. The molecule has 3 aliphatic heterocycles. The van der Waals surface area contributed by atoms with Gasteiger partial charge in [-0.2, -0.15) is 0 Å². The number of piperidine rings is 2. The number of hydrogen-bond donors (Lipinski definition) is 3. The van der Waals surface area contributed by atoms with E-state index in [0.717, 1.165) is 92.7 Å². The first-order valence-electron chi connectivity index (χ1n) is 16.6. The van der Waals surface area contributed by atoms with Gasteiger partial charge < -0.3 is 30.7 Å². The highest BCUT2D eigenvalue weighted by Crippen LogP contribution is 2.33. The van der Waals surface area contributed by atoms with Crippen LogP contribution in [-0.4, -0.2) is 90.9 Å². The quantitative estimate of drug-likeness (QED) is 0.354. The minimum atomic E-state index is -0.107. The Kier molecular flexibility index (Phi) is 9.94. The van der Waals surface area contributed by atoms with Crippen LogP contribution in [0.5, 0.6) is 0 Å². The van der Waals surface area contributed by atoms with Crippen molar-refractivity contribution in [3.05, 3.63) is 60.3 Å². The van der Waals surface area contributed by atoms with Crippen LogP contribution in [0.25, 0.3) is 10.9 Å². The molecule has 7 rings (SSSR count). The molecule has 1 aliphatic carbocycles. The second kappa shape index (κ2) is 14.3. The van der Waals surface area contributed by atoms with Crippen LogP contribution in [0.15, 0.2) is 54.7 Å². The molecule has 11 heteroatoms. The third-order valence-electron chi connectivity index (χ3n) is 9.85. The predicted molar refractivity (Wildman–Crippen MR) is 183 cm³/mol. The Labute approximate surface area is 276 Å². The largest absolute Gasteiger partial charge is 0.368 e. The number of fused-ring (bicyclic) bond motifs is 1. The van der Waals surface area contributed by atoms with Crippen molar-refractivity contribution in [3.63, 3.8) is 0 Å². The van der Waals surface area contributed by atoms with Gasteiger partial charge in [0.1, 0.15) is 0 Å². The van der Waals surface area contributed by atoms with Crippen LogP contribution in [0.4, 0.5) is 17.1 Å². The molecule has 0 atom stereocenters. The molecule has 4 aliphatic rings. The second-order valence-electron chi connectivity index (χ2n) is 12.9. The van der Waals surface area contributed by atoms with Gasteiger partial charge in [0.2, 0.25) is 11.8 Å². The zero-order chi connectivity index (χ0) is 30.8. The van der Waals surface area contributed by atoms with E-state index in [1.54, 1.807) is 6.20 Å². The standard InChI is InChI=1S/C35H43N7O3.ClH/c43-33(39-27-6-7-27)30-23-37-31-9-8-28(22-29(31)32(30)38-26-4-2-1-3-5-26)40-18-20-42(21-19-40)35(45)25-12-16-41(17-13-25)34(44)24-10-14-36-15-11-24;/h1-5,8-9,22-25,27,36H,6-7,10-21H2,(H,37,38)(H,39,43);1H. The summed E-state index contributed by atoms with van der Waals surface area (Å²) in [6.07, 6.45) is 7.04. The molecule has 3 N–H and O–H groups in total. The van der Waals surface area contributed by atoms with Crippen LogP contribution in [-0.2, 0) is 9.59 Å². The number of amides is 3. The average Bonchev–Trinajstić information content (AvgIpc) is 3.92. The summed E-state index contributed by atoms with van der Waals surface area (Å²) >= 11 is 0. The molecule has 3 saturated heterocycles. The van der Waals surface area contributed by atoms with Crippen molar-refractivity contribution in [2.45, 2.75) is 44.6 Å². The van der Waals surface area contributed by atoms with E-state index >= 15 is 0 Å². The Hall–Kier alpha value is -3.89. The van der Waals surface area contributed by atoms with Crippen molar-refractivity contribution in [2.24, 2.45) is 11.8 Å². The number of halogens is 1. The molecular weight excluding hydrogens is 602 g/mol. The number of likely N-dealkylation sites (tertiary alicyclic amines) is 1.